The number of esters is 1. The standard InChI is InChI=1S/C3H6O2.C2H7N.C2H6O.4CH4/c1-3(4)5-2;2*1-3-2;;;;/h1-2H3;3H,1-2H3;1-2H3;4*1H4. The highest BCUT2D eigenvalue weighted by atomic mass is 16.5. The van der Waals surface area contributed by atoms with Crippen molar-refractivity contribution < 1.29 is 14.3 Å². The van der Waals surface area contributed by atoms with Gasteiger partial charge >= 0.3 is 5.97 Å². The summed E-state index contributed by atoms with van der Waals surface area (Å²) in [5, 5.41) is 2.75. The highest BCUT2D eigenvalue weighted by Crippen LogP contribution is 1.60. The van der Waals surface area contributed by atoms with E-state index >= 15 is 0 Å². The van der Waals surface area contributed by atoms with Crippen molar-refractivity contribution in [3.8, 4) is 0 Å². The third-order valence-electron chi connectivity index (χ3n) is 0.287. The number of carbonyl (C=O) groups excluding carboxylic acids is 1. The van der Waals surface area contributed by atoms with E-state index in [9.17, 15) is 4.79 Å². The lowest BCUT2D eigenvalue weighted by molar-refractivity contribution is -0.137. The number of hydrogen-bond acceptors (Lipinski definition) is 4. The summed E-state index contributed by atoms with van der Waals surface area (Å²) in [5.74, 6) is -0.245. The molecule has 0 aliphatic carbocycles. The fourth-order valence-electron chi connectivity index (χ4n) is 0. The minimum atomic E-state index is -0.245. The summed E-state index contributed by atoms with van der Waals surface area (Å²) in [6, 6.07) is 0. The van der Waals surface area contributed by atoms with Gasteiger partial charge in [0.15, 0.2) is 0 Å². The molecule has 0 rings (SSSR count). The minimum Gasteiger partial charge on any atom is -0.469 e. The van der Waals surface area contributed by atoms with Gasteiger partial charge in [-0.25, -0.2) is 0 Å². The van der Waals surface area contributed by atoms with Crippen LogP contribution in [-0.4, -0.2) is 41.4 Å². The molecule has 0 aromatic heterocycles. The summed E-state index contributed by atoms with van der Waals surface area (Å²) >= 11 is 0. The molecule has 15 heavy (non-hydrogen) atoms. The highest BCUT2D eigenvalue weighted by Gasteiger charge is 1.75. The van der Waals surface area contributed by atoms with Crippen molar-refractivity contribution in [2.45, 2.75) is 36.6 Å². The Balaban J connectivity index is -0.0000000117. The molecule has 0 bridgehead atoms. The summed E-state index contributed by atoms with van der Waals surface area (Å²) in [6.07, 6.45) is 0. The molecule has 0 spiro atoms. The van der Waals surface area contributed by atoms with Crippen LogP contribution in [0.2, 0.25) is 0 Å². The lowest BCUT2D eigenvalue weighted by Crippen LogP contribution is -1.89. The zero-order valence-electron chi connectivity index (χ0n) is 8.22. The fourth-order valence-corrected chi connectivity index (χ4v) is 0. The van der Waals surface area contributed by atoms with Gasteiger partial charge in [0.2, 0.25) is 0 Å². The monoisotopic (exact) mass is 229 g/mol. The van der Waals surface area contributed by atoms with Crippen LogP contribution >= 0.6 is 0 Å². The number of nitrogens with one attached hydrogen (secondary N) is 1. The van der Waals surface area contributed by atoms with Crippen LogP contribution in [0.3, 0.4) is 0 Å². The molecule has 0 amide bonds. The van der Waals surface area contributed by atoms with Crippen LogP contribution in [0.1, 0.15) is 36.6 Å². The van der Waals surface area contributed by atoms with E-state index in [1.54, 1.807) is 14.2 Å². The van der Waals surface area contributed by atoms with E-state index in [1.807, 2.05) is 14.1 Å². The van der Waals surface area contributed by atoms with Crippen LogP contribution in [0, 0.1) is 0 Å². The fraction of sp³-hybridized carbons (Fsp3) is 0.909. The Morgan fingerprint density at radius 3 is 1.00 bits per heavy atom. The summed E-state index contributed by atoms with van der Waals surface area (Å²) in [7, 11) is 8.35. The van der Waals surface area contributed by atoms with Crippen molar-refractivity contribution in [2.75, 3.05) is 35.4 Å². The second-order valence-electron chi connectivity index (χ2n) is 1.60. The van der Waals surface area contributed by atoms with E-state index in [4.69, 9.17) is 0 Å². The predicted octanol–water partition coefficient (Wildman–Crippen LogP) is 2.82. The van der Waals surface area contributed by atoms with Gasteiger partial charge in [-0.2, -0.15) is 0 Å². The Labute approximate surface area is 98.4 Å². The van der Waals surface area contributed by atoms with Crippen LogP contribution in [-0.2, 0) is 14.3 Å². The first kappa shape index (κ1) is 47.2. The number of ether oxygens (including phenoxy) is 2. The molecule has 4 nitrogen and oxygen atoms in total. The number of hydrogen-bond donors (Lipinski definition) is 1. The SMILES string of the molecule is C.C.C.C.CNC.COC.COC(C)=O. The molecule has 0 aromatic rings. The first-order valence-corrected chi connectivity index (χ1v) is 3.13. The topological polar surface area (TPSA) is 47.6 Å². The van der Waals surface area contributed by atoms with Crippen LogP contribution in [0.5, 0.6) is 0 Å². The maximum atomic E-state index is 9.59. The largest absolute Gasteiger partial charge is 0.469 e. The van der Waals surface area contributed by atoms with E-state index in [0.29, 0.717) is 0 Å². The van der Waals surface area contributed by atoms with Crippen molar-refractivity contribution in [1.82, 2.24) is 5.32 Å². The summed E-state index contributed by atoms with van der Waals surface area (Å²) < 4.78 is 8.36. The molecule has 0 atom stereocenters. The van der Waals surface area contributed by atoms with E-state index in [0.717, 1.165) is 0 Å². The average Bonchev–Trinajstić information content (AvgIpc) is 1.91. The van der Waals surface area contributed by atoms with E-state index in [2.05, 4.69) is 14.8 Å². The Hall–Kier alpha value is -0.610. The molecule has 0 unspecified atom stereocenters. The Bertz CT molecular complexity index is 66.9. The van der Waals surface area contributed by atoms with Gasteiger partial charge in [0, 0.05) is 21.1 Å². The van der Waals surface area contributed by atoms with Gasteiger partial charge in [-0.3, -0.25) is 4.79 Å². The molecule has 0 aliphatic heterocycles. The molecule has 0 radical (unpaired) electrons. The molecule has 0 fully saturated rings. The quantitative estimate of drug-likeness (QED) is 0.649. The molecule has 0 aromatic carbocycles. The minimum absolute atomic E-state index is 0. The first-order valence-electron chi connectivity index (χ1n) is 3.13. The summed E-state index contributed by atoms with van der Waals surface area (Å²) in [5.41, 5.74) is 0. The molecule has 102 valence electrons. The Morgan fingerprint density at radius 2 is 1.00 bits per heavy atom. The van der Waals surface area contributed by atoms with E-state index in [1.165, 1.54) is 14.0 Å². The number of methoxy groups -OCH3 is 2. The third-order valence-corrected chi connectivity index (χ3v) is 0.287. The van der Waals surface area contributed by atoms with Gasteiger partial charge in [-0.05, 0) is 14.1 Å². The molecule has 0 saturated heterocycles. The van der Waals surface area contributed by atoms with Crippen LogP contribution < -0.4 is 5.32 Å². The average molecular weight is 229 g/mol. The van der Waals surface area contributed by atoms with Crippen molar-refractivity contribution in [1.29, 1.82) is 0 Å². The first-order chi connectivity index (χ1) is 5.10. The van der Waals surface area contributed by atoms with Crippen LogP contribution in [0.25, 0.3) is 0 Å². The molecule has 0 aliphatic rings. The smallest absolute Gasteiger partial charge is 0.302 e. The van der Waals surface area contributed by atoms with Crippen molar-refractivity contribution in [3.63, 3.8) is 0 Å². The van der Waals surface area contributed by atoms with Crippen molar-refractivity contribution in [3.05, 3.63) is 0 Å². The van der Waals surface area contributed by atoms with Crippen LogP contribution in [0.15, 0.2) is 0 Å². The van der Waals surface area contributed by atoms with Crippen molar-refractivity contribution >= 4 is 5.97 Å². The highest BCUT2D eigenvalue weighted by molar-refractivity contribution is 5.65. The lowest BCUT2D eigenvalue weighted by Gasteiger charge is -1.80. The molecular formula is C11H35NO3. The zero-order valence-corrected chi connectivity index (χ0v) is 8.22. The van der Waals surface area contributed by atoms with Crippen LogP contribution in [0.4, 0.5) is 0 Å². The Kier molecular flexibility index (Phi) is 223. The van der Waals surface area contributed by atoms with Gasteiger partial charge in [0.25, 0.3) is 0 Å². The second kappa shape index (κ2) is 70.8. The lowest BCUT2D eigenvalue weighted by atomic mass is 10.8. The van der Waals surface area contributed by atoms with Crippen molar-refractivity contribution in [2.24, 2.45) is 0 Å². The van der Waals surface area contributed by atoms with E-state index in [-0.39, 0.29) is 35.7 Å². The molecule has 4 heteroatoms. The maximum absolute atomic E-state index is 9.59. The van der Waals surface area contributed by atoms with Gasteiger partial charge in [0.05, 0.1) is 7.11 Å². The molecule has 1 N–H and O–H groups in total. The number of rotatable bonds is 0. The van der Waals surface area contributed by atoms with Gasteiger partial charge in [-0.1, -0.05) is 29.7 Å². The van der Waals surface area contributed by atoms with Gasteiger partial charge in [-0.15, -0.1) is 0 Å². The maximum Gasteiger partial charge on any atom is 0.302 e. The molecule has 0 saturated carbocycles. The third kappa shape index (κ3) is 899. The predicted molar refractivity (Wildman–Crippen MR) is 72.5 cm³/mol. The molecular weight excluding hydrogens is 194 g/mol. The van der Waals surface area contributed by atoms with E-state index < -0.39 is 0 Å². The number of carbonyl (C=O) groups is 1. The normalized spacial score (nSPS) is 4.67. The Morgan fingerprint density at radius 1 is 0.933 bits per heavy atom. The zero-order chi connectivity index (χ0) is 9.70. The summed E-state index contributed by atoms with van der Waals surface area (Å²) in [6.45, 7) is 1.36. The van der Waals surface area contributed by atoms with Gasteiger partial charge in [0.1, 0.15) is 0 Å². The molecule has 0 heterocycles. The van der Waals surface area contributed by atoms with Gasteiger partial charge < -0.3 is 14.8 Å². The second-order valence-corrected chi connectivity index (χ2v) is 1.60. The summed E-state index contributed by atoms with van der Waals surface area (Å²) in [4.78, 5) is 9.59.